The van der Waals surface area contributed by atoms with Crippen molar-refractivity contribution in [2.75, 3.05) is 6.54 Å². The van der Waals surface area contributed by atoms with Crippen LogP contribution < -0.4 is 11.3 Å². The second kappa shape index (κ2) is 7.11. The minimum absolute atomic E-state index is 0. The summed E-state index contributed by atoms with van der Waals surface area (Å²) in [5.41, 5.74) is 8.06. The molecule has 0 radical (unpaired) electrons. The molecular formula is C8H16N4O6. The van der Waals surface area contributed by atoms with Crippen molar-refractivity contribution in [3.05, 3.63) is 10.4 Å². The lowest BCUT2D eigenvalue weighted by molar-refractivity contribution is -0.326. The molecule has 104 valence electrons. The van der Waals surface area contributed by atoms with Crippen molar-refractivity contribution >= 4 is 5.97 Å². The van der Waals surface area contributed by atoms with Gasteiger partial charge in [-0.2, -0.15) is 0 Å². The van der Waals surface area contributed by atoms with E-state index >= 15 is 0 Å². The molecule has 10 nitrogen and oxygen atoms in total. The molecule has 1 saturated heterocycles. The van der Waals surface area contributed by atoms with Crippen LogP contribution in [0, 0.1) is 0 Å². The number of ether oxygens (including phenoxy) is 1. The van der Waals surface area contributed by atoms with Crippen LogP contribution in [0.1, 0.15) is 6.42 Å². The first-order valence-corrected chi connectivity index (χ1v) is 4.88. The van der Waals surface area contributed by atoms with Gasteiger partial charge in [0.25, 0.3) is 0 Å². The molecule has 0 bridgehead atoms. The SMILES string of the molecule is [N-]=[N+]=NC[C@@H](O)[C@H]1O[C@H](C(=O)[O-])C[C@@H](O)[C@H]1O.[NH4+]. The summed E-state index contributed by atoms with van der Waals surface area (Å²) in [6.07, 6.45) is -7.29. The highest BCUT2D eigenvalue weighted by atomic mass is 16.5. The van der Waals surface area contributed by atoms with E-state index in [0.29, 0.717) is 0 Å². The third-order valence-corrected chi connectivity index (χ3v) is 2.48. The third kappa shape index (κ3) is 3.81. The number of carboxylic acids is 1. The molecule has 5 atom stereocenters. The Hall–Kier alpha value is -1.42. The van der Waals surface area contributed by atoms with Crippen LogP contribution in [0.2, 0.25) is 0 Å². The first kappa shape index (κ1) is 16.6. The summed E-state index contributed by atoms with van der Waals surface area (Å²) in [5, 5.41) is 42.1. The van der Waals surface area contributed by atoms with Crippen LogP contribution in [0.15, 0.2) is 5.11 Å². The number of carbonyl (C=O) groups excluding carboxylic acids is 1. The Bertz CT molecular complexity index is 334. The van der Waals surface area contributed by atoms with E-state index in [0.717, 1.165) is 0 Å². The maximum absolute atomic E-state index is 10.6. The van der Waals surface area contributed by atoms with Crippen LogP contribution in [-0.4, -0.2) is 58.4 Å². The minimum atomic E-state index is -1.54. The zero-order valence-electron chi connectivity index (χ0n) is 9.71. The van der Waals surface area contributed by atoms with E-state index in [1.165, 1.54) is 0 Å². The molecule has 0 amide bonds. The lowest BCUT2D eigenvalue weighted by atomic mass is 9.94. The molecule has 7 N–H and O–H groups in total. The van der Waals surface area contributed by atoms with E-state index in [1.807, 2.05) is 0 Å². The summed E-state index contributed by atoms with van der Waals surface area (Å²) in [7, 11) is 0. The van der Waals surface area contributed by atoms with E-state index in [9.17, 15) is 25.2 Å². The first-order chi connectivity index (χ1) is 7.97. The summed E-state index contributed by atoms with van der Waals surface area (Å²) in [5.74, 6) is -1.54. The average Bonchev–Trinajstić information content (AvgIpc) is 2.29. The smallest absolute Gasteiger partial charge is 0.113 e. The predicted molar refractivity (Wildman–Crippen MR) is 56.3 cm³/mol. The van der Waals surface area contributed by atoms with Gasteiger partial charge >= 0.3 is 0 Å². The fourth-order valence-corrected chi connectivity index (χ4v) is 1.60. The average molecular weight is 264 g/mol. The molecule has 10 heteroatoms. The number of aliphatic hydroxyl groups excluding tert-OH is 3. The molecular weight excluding hydrogens is 248 g/mol. The molecule has 0 aromatic rings. The third-order valence-electron chi connectivity index (χ3n) is 2.48. The molecule has 18 heavy (non-hydrogen) atoms. The van der Waals surface area contributed by atoms with Crippen LogP contribution in [-0.2, 0) is 9.53 Å². The van der Waals surface area contributed by atoms with Gasteiger partial charge in [-0.15, -0.1) is 0 Å². The Morgan fingerprint density at radius 3 is 2.72 bits per heavy atom. The highest BCUT2D eigenvalue weighted by molar-refractivity contribution is 5.70. The van der Waals surface area contributed by atoms with Crippen molar-refractivity contribution < 1.29 is 30.0 Å². The molecule has 0 aromatic carbocycles. The van der Waals surface area contributed by atoms with Crippen LogP contribution in [0.3, 0.4) is 0 Å². The van der Waals surface area contributed by atoms with Gasteiger partial charge < -0.3 is 36.1 Å². The number of carboxylic acid groups (broad SMARTS) is 1. The number of hydrogen-bond donors (Lipinski definition) is 4. The van der Waals surface area contributed by atoms with Crippen molar-refractivity contribution in [1.29, 1.82) is 0 Å². The lowest BCUT2D eigenvalue weighted by Crippen LogP contribution is -2.57. The summed E-state index contributed by atoms with van der Waals surface area (Å²) >= 11 is 0. The monoisotopic (exact) mass is 264 g/mol. The second-order valence-corrected chi connectivity index (χ2v) is 3.68. The number of quaternary nitrogens is 1. The van der Waals surface area contributed by atoms with Crippen LogP contribution in [0.4, 0.5) is 0 Å². The summed E-state index contributed by atoms with van der Waals surface area (Å²) in [4.78, 5) is 13.0. The van der Waals surface area contributed by atoms with Gasteiger partial charge in [0, 0.05) is 11.3 Å². The minimum Gasteiger partial charge on any atom is -0.547 e. The molecule has 0 saturated carbocycles. The van der Waals surface area contributed by atoms with Gasteiger partial charge in [-0.3, -0.25) is 0 Å². The highest BCUT2D eigenvalue weighted by Crippen LogP contribution is 2.22. The Balaban J connectivity index is 0.00000289. The number of hydrogen-bond acceptors (Lipinski definition) is 7. The Morgan fingerprint density at radius 1 is 1.61 bits per heavy atom. The van der Waals surface area contributed by atoms with Gasteiger partial charge in [0.15, 0.2) is 0 Å². The maximum atomic E-state index is 10.6. The number of azide groups is 1. The Labute approximate surface area is 102 Å². The molecule has 1 fully saturated rings. The number of carbonyl (C=O) groups is 1. The molecule has 1 aliphatic heterocycles. The first-order valence-electron chi connectivity index (χ1n) is 4.88. The zero-order valence-corrected chi connectivity index (χ0v) is 9.71. The largest absolute Gasteiger partial charge is 0.547 e. The number of rotatable bonds is 4. The molecule has 1 aliphatic rings. The molecule has 0 aromatic heterocycles. The summed E-state index contributed by atoms with van der Waals surface area (Å²) < 4.78 is 4.88. The van der Waals surface area contributed by atoms with Crippen molar-refractivity contribution in [2.24, 2.45) is 5.11 Å². The molecule has 1 rings (SSSR count). The lowest BCUT2D eigenvalue weighted by Gasteiger charge is -2.39. The van der Waals surface area contributed by atoms with Gasteiger partial charge in [-0.1, -0.05) is 5.11 Å². The van der Waals surface area contributed by atoms with Gasteiger partial charge in [0.2, 0.25) is 0 Å². The Morgan fingerprint density at radius 2 is 2.22 bits per heavy atom. The van der Waals surface area contributed by atoms with Gasteiger partial charge in [-0.25, -0.2) is 0 Å². The number of nitrogens with zero attached hydrogens (tertiary/aromatic N) is 3. The van der Waals surface area contributed by atoms with Crippen LogP contribution in [0.5, 0.6) is 0 Å². The highest BCUT2D eigenvalue weighted by Gasteiger charge is 2.40. The summed E-state index contributed by atoms with van der Waals surface area (Å²) in [6, 6.07) is 0. The van der Waals surface area contributed by atoms with Crippen molar-refractivity contribution in [3.63, 3.8) is 0 Å². The predicted octanol–water partition coefficient (Wildman–Crippen LogP) is -2.34. The van der Waals surface area contributed by atoms with E-state index in [4.69, 9.17) is 10.3 Å². The van der Waals surface area contributed by atoms with Crippen LogP contribution in [0.25, 0.3) is 10.4 Å². The van der Waals surface area contributed by atoms with E-state index in [1.54, 1.807) is 0 Å². The maximum Gasteiger partial charge on any atom is 0.113 e. The van der Waals surface area contributed by atoms with E-state index in [-0.39, 0.29) is 12.6 Å². The second-order valence-electron chi connectivity index (χ2n) is 3.68. The fourth-order valence-electron chi connectivity index (χ4n) is 1.60. The summed E-state index contributed by atoms with van der Waals surface area (Å²) in [6.45, 7) is -0.398. The fraction of sp³-hybridized carbons (Fsp3) is 0.875. The van der Waals surface area contributed by atoms with Gasteiger partial charge in [0.05, 0.1) is 24.7 Å². The normalized spacial score (nSPS) is 32.8. The molecule has 0 spiro atoms. The number of aliphatic hydroxyl groups is 3. The molecule has 1 heterocycles. The van der Waals surface area contributed by atoms with Gasteiger partial charge in [-0.05, 0) is 5.53 Å². The van der Waals surface area contributed by atoms with Crippen molar-refractivity contribution in [2.45, 2.75) is 36.9 Å². The number of aliphatic carboxylic acids is 1. The van der Waals surface area contributed by atoms with Crippen molar-refractivity contribution in [3.8, 4) is 0 Å². The van der Waals surface area contributed by atoms with Crippen LogP contribution >= 0.6 is 0 Å². The van der Waals surface area contributed by atoms with E-state index in [2.05, 4.69) is 10.0 Å². The quantitative estimate of drug-likeness (QED) is 0.249. The van der Waals surface area contributed by atoms with Crippen molar-refractivity contribution in [1.82, 2.24) is 6.15 Å². The van der Waals surface area contributed by atoms with E-state index < -0.39 is 43.0 Å². The molecule has 0 aliphatic carbocycles. The zero-order chi connectivity index (χ0) is 13.0. The Kier molecular flexibility index (Phi) is 6.55. The van der Waals surface area contributed by atoms with Gasteiger partial charge in [0.1, 0.15) is 18.3 Å². The standard InChI is InChI=1S/C8H13N3O6.H3N/c9-11-10-2-4(13)7-6(14)3(12)1-5(17-7)8(15)16;/h3-7,12-14H,1-2H2,(H,15,16);1H3/t3-,4-,5+,6-,7-;/m1./s1. The topological polar surface area (TPSA) is 195 Å². The molecule has 0 unspecified atom stereocenters.